The second kappa shape index (κ2) is 8.43. The molecule has 3 aliphatic heterocycles. The van der Waals surface area contributed by atoms with Crippen molar-refractivity contribution in [3.05, 3.63) is 34.6 Å². The molecule has 0 aromatic heterocycles. The predicted molar refractivity (Wildman–Crippen MR) is 103 cm³/mol. The highest BCUT2D eigenvalue weighted by Gasteiger charge is 2.43. The van der Waals surface area contributed by atoms with Crippen LogP contribution in [0.1, 0.15) is 24.3 Å². The first-order valence-electron chi connectivity index (χ1n) is 9.89. The van der Waals surface area contributed by atoms with E-state index in [0.717, 1.165) is 52.2 Å². The second-order valence-electron chi connectivity index (χ2n) is 7.75. The number of nitrogens with zero attached hydrogens (tertiary/aromatic N) is 2. The van der Waals surface area contributed by atoms with E-state index in [1.54, 1.807) is 12.1 Å². The van der Waals surface area contributed by atoms with Gasteiger partial charge in [0.1, 0.15) is 5.82 Å². The summed E-state index contributed by atoms with van der Waals surface area (Å²) in [6, 6.07) is 5.26. The largest absolute Gasteiger partial charge is 0.381 e. The monoisotopic (exact) mass is 395 g/mol. The number of nitrogens with one attached hydrogen (secondary N) is 1. The lowest BCUT2D eigenvalue weighted by atomic mass is 9.87. The Kier molecular flexibility index (Phi) is 5.97. The zero-order chi connectivity index (χ0) is 18.8. The first-order chi connectivity index (χ1) is 13.1. The Morgan fingerprint density at radius 1 is 1.19 bits per heavy atom. The molecule has 0 saturated carbocycles. The molecular formula is C20H27ClFN3O2. The zero-order valence-electron chi connectivity index (χ0n) is 15.5. The van der Waals surface area contributed by atoms with Crippen molar-refractivity contribution in [2.24, 2.45) is 5.92 Å². The number of carbonyl (C=O) groups excluding carboxylic acids is 1. The average Bonchev–Trinajstić information content (AvgIpc) is 3.14. The van der Waals surface area contributed by atoms with Gasteiger partial charge in [-0.25, -0.2) is 4.39 Å². The van der Waals surface area contributed by atoms with Gasteiger partial charge < -0.3 is 15.0 Å². The van der Waals surface area contributed by atoms with Crippen LogP contribution in [0.15, 0.2) is 18.2 Å². The number of halogens is 2. The Morgan fingerprint density at radius 3 is 2.63 bits per heavy atom. The van der Waals surface area contributed by atoms with Crippen LogP contribution in [-0.2, 0) is 9.53 Å². The first-order valence-corrected chi connectivity index (χ1v) is 10.3. The fourth-order valence-electron chi connectivity index (χ4n) is 4.67. The summed E-state index contributed by atoms with van der Waals surface area (Å²) < 4.78 is 20.2. The van der Waals surface area contributed by atoms with Gasteiger partial charge in [0.05, 0.1) is 5.92 Å². The molecule has 4 rings (SSSR count). The van der Waals surface area contributed by atoms with Gasteiger partial charge in [-0.3, -0.25) is 9.69 Å². The minimum atomic E-state index is -0.306. The Balaban J connectivity index is 1.58. The molecule has 1 N–H and O–H groups in total. The molecule has 0 spiro atoms. The molecule has 2 atom stereocenters. The molecule has 1 aromatic carbocycles. The van der Waals surface area contributed by atoms with Gasteiger partial charge in [-0.05, 0) is 30.5 Å². The maximum Gasteiger partial charge on any atom is 0.227 e. The molecular weight excluding hydrogens is 369 g/mol. The van der Waals surface area contributed by atoms with Gasteiger partial charge in [0.25, 0.3) is 0 Å². The molecule has 1 aromatic rings. The van der Waals surface area contributed by atoms with Crippen molar-refractivity contribution in [2.45, 2.75) is 24.8 Å². The summed E-state index contributed by atoms with van der Waals surface area (Å²) in [6.07, 6.45) is 1.95. The van der Waals surface area contributed by atoms with Crippen molar-refractivity contribution in [3.8, 4) is 0 Å². The van der Waals surface area contributed by atoms with Gasteiger partial charge in [-0.1, -0.05) is 17.7 Å². The summed E-state index contributed by atoms with van der Waals surface area (Å²) in [5, 5.41) is 3.68. The molecule has 5 nitrogen and oxygen atoms in total. The molecule has 7 heteroatoms. The summed E-state index contributed by atoms with van der Waals surface area (Å²) in [4.78, 5) is 17.6. The highest BCUT2D eigenvalue weighted by molar-refractivity contribution is 6.30. The van der Waals surface area contributed by atoms with E-state index in [4.69, 9.17) is 16.3 Å². The molecule has 0 bridgehead atoms. The van der Waals surface area contributed by atoms with Crippen LogP contribution >= 0.6 is 11.6 Å². The molecule has 27 heavy (non-hydrogen) atoms. The van der Waals surface area contributed by atoms with Gasteiger partial charge in [0.15, 0.2) is 0 Å². The molecule has 3 aliphatic rings. The van der Waals surface area contributed by atoms with Crippen molar-refractivity contribution in [2.75, 3.05) is 52.5 Å². The first kappa shape index (κ1) is 19.1. The molecule has 3 fully saturated rings. The molecule has 148 valence electrons. The van der Waals surface area contributed by atoms with Crippen LogP contribution in [0, 0.1) is 11.7 Å². The van der Waals surface area contributed by atoms with Crippen molar-refractivity contribution in [1.29, 1.82) is 0 Å². The van der Waals surface area contributed by atoms with Gasteiger partial charge in [-0.15, -0.1) is 0 Å². The van der Waals surface area contributed by atoms with E-state index in [-0.39, 0.29) is 23.6 Å². The summed E-state index contributed by atoms with van der Waals surface area (Å²) in [5.74, 6) is -0.487. The third kappa shape index (κ3) is 4.14. The van der Waals surface area contributed by atoms with Crippen LogP contribution in [0.5, 0.6) is 0 Å². The summed E-state index contributed by atoms with van der Waals surface area (Å²) in [5.41, 5.74) is 0.613. The van der Waals surface area contributed by atoms with E-state index in [0.29, 0.717) is 29.7 Å². The van der Waals surface area contributed by atoms with Crippen LogP contribution in [-0.4, -0.2) is 74.2 Å². The smallest absolute Gasteiger partial charge is 0.227 e. The number of hydrogen-bond acceptors (Lipinski definition) is 4. The van der Waals surface area contributed by atoms with Crippen LogP contribution in [0.2, 0.25) is 5.02 Å². The minimum Gasteiger partial charge on any atom is -0.381 e. The normalized spacial score (nSPS) is 27.9. The number of ether oxygens (including phenoxy) is 1. The van der Waals surface area contributed by atoms with Gasteiger partial charge >= 0.3 is 0 Å². The van der Waals surface area contributed by atoms with Crippen molar-refractivity contribution < 1.29 is 13.9 Å². The number of amides is 1. The van der Waals surface area contributed by atoms with Crippen LogP contribution in [0.3, 0.4) is 0 Å². The van der Waals surface area contributed by atoms with Crippen molar-refractivity contribution in [3.63, 3.8) is 0 Å². The van der Waals surface area contributed by atoms with Crippen LogP contribution < -0.4 is 5.32 Å². The molecule has 1 unspecified atom stereocenters. The highest BCUT2D eigenvalue weighted by atomic mass is 35.5. The lowest BCUT2D eigenvalue weighted by Crippen LogP contribution is -2.49. The molecule has 3 heterocycles. The van der Waals surface area contributed by atoms with Gasteiger partial charge in [0.2, 0.25) is 5.91 Å². The SMILES string of the molecule is O=C(C1CN(C2CCOCC2)C[C@H]1c1ccc(Cl)cc1F)N1CCNCC1. The number of likely N-dealkylation sites (tertiary alicyclic amines) is 1. The fourth-order valence-corrected chi connectivity index (χ4v) is 4.83. The third-order valence-electron chi connectivity index (χ3n) is 6.16. The average molecular weight is 396 g/mol. The quantitative estimate of drug-likeness (QED) is 0.851. The lowest BCUT2D eigenvalue weighted by Gasteiger charge is -2.32. The minimum absolute atomic E-state index is 0.132. The Hall–Kier alpha value is -1.21. The number of carbonyl (C=O) groups is 1. The summed E-state index contributed by atoms with van der Waals surface area (Å²) in [6.45, 7) is 6.02. The standard InChI is InChI=1S/C20H27ClFN3O2/c21-14-1-2-16(19(22)11-14)17-12-25(15-3-9-27-10-4-15)13-18(17)20(26)24-7-5-23-6-8-24/h1-2,11,15,17-18,23H,3-10,12-13H2/t17-,18?/m0/s1. The van der Waals surface area contributed by atoms with E-state index in [9.17, 15) is 9.18 Å². The van der Waals surface area contributed by atoms with Gasteiger partial charge in [-0.2, -0.15) is 0 Å². The predicted octanol–water partition coefficient (Wildman–Crippen LogP) is 2.11. The number of rotatable bonds is 3. The van der Waals surface area contributed by atoms with E-state index in [2.05, 4.69) is 10.2 Å². The Bertz CT molecular complexity index is 677. The Morgan fingerprint density at radius 2 is 1.93 bits per heavy atom. The highest BCUT2D eigenvalue weighted by Crippen LogP contribution is 2.38. The van der Waals surface area contributed by atoms with Crippen molar-refractivity contribution >= 4 is 17.5 Å². The lowest BCUT2D eigenvalue weighted by molar-refractivity contribution is -0.136. The third-order valence-corrected chi connectivity index (χ3v) is 6.40. The maximum absolute atomic E-state index is 14.7. The molecule has 0 aliphatic carbocycles. The number of piperazine rings is 1. The zero-order valence-corrected chi connectivity index (χ0v) is 16.3. The second-order valence-corrected chi connectivity index (χ2v) is 8.19. The summed E-state index contributed by atoms with van der Waals surface area (Å²) in [7, 11) is 0. The van der Waals surface area contributed by atoms with E-state index in [1.165, 1.54) is 6.07 Å². The van der Waals surface area contributed by atoms with Crippen molar-refractivity contribution in [1.82, 2.24) is 15.1 Å². The Labute approximate surface area is 164 Å². The molecule has 0 radical (unpaired) electrons. The molecule has 1 amide bonds. The van der Waals surface area contributed by atoms with E-state index < -0.39 is 0 Å². The fraction of sp³-hybridized carbons (Fsp3) is 0.650. The molecule has 3 saturated heterocycles. The summed E-state index contributed by atoms with van der Waals surface area (Å²) >= 11 is 5.95. The van der Waals surface area contributed by atoms with E-state index >= 15 is 0 Å². The van der Waals surface area contributed by atoms with Crippen LogP contribution in [0.4, 0.5) is 4.39 Å². The topological polar surface area (TPSA) is 44.8 Å². The van der Waals surface area contributed by atoms with E-state index in [1.807, 2.05) is 4.90 Å². The van der Waals surface area contributed by atoms with Crippen LogP contribution in [0.25, 0.3) is 0 Å². The number of hydrogen-bond donors (Lipinski definition) is 1. The number of benzene rings is 1. The maximum atomic E-state index is 14.7. The van der Waals surface area contributed by atoms with Gasteiger partial charge in [0, 0.05) is 69.5 Å².